The number of methoxy groups -OCH3 is 1. The van der Waals surface area contributed by atoms with Crippen LogP contribution >= 0.6 is 11.6 Å². The Bertz CT molecular complexity index is 642. The first-order valence-electron chi connectivity index (χ1n) is 7.51. The topological polar surface area (TPSA) is 21.7 Å². The molecule has 0 aromatic heterocycles. The molecule has 2 aromatic rings. The minimum atomic E-state index is -0.00873. The van der Waals surface area contributed by atoms with E-state index in [1.807, 2.05) is 42.5 Å². The fraction of sp³-hybridized carbons (Fsp3) is 0.333. The summed E-state index contributed by atoms with van der Waals surface area (Å²) in [7, 11) is 1.70. The van der Waals surface area contributed by atoms with E-state index in [-0.39, 0.29) is 6.10 Å². The lowest BCUT2D eigenvalue weighted by Gasteiger charge is -2.22. The molecule has 0 fully saturated rings. The van der Waals surface area contributed by atoms with E-state index >= 15 is 0 Å². The van der Waals surface area contributed by atoms with Gasteiger partial charge in [-0.3, -0.25) is 4.90 Å². The molecule has 3 rings (SSSR count). The maximum atomic E-state index is 6.29. The summed E-state index contributed by atoms with van der Waals surface area (Å²) in [6.45, 7) is 4.81. The molecule has 2 aromatic carbocycles. The summed E-state index contributed by atoms with van der Waals surface area (Å²) in [6, 6.07) is 13.9. The summed E-state index contributed by atoms with van der Waals surface area (Å²) >= 11 is 5.99. The summed E-state index contributed by atoms with van der Waals surface area (Å²) < 4.78 is 11.8. The van der Waals surface area contributed by atoms with Gasteiger partial charge in [-0.15, -0.1) is 0 Å². The molecule has 0 spiro atoms. The molecule has 22 heavy (non-hydrogen) atoms. The van der Waals surface area contributed by atoms with E-state index in [9.17, 15) is 0 Å². The largest absolute Gasteiger partial charge is 0.496 e. The number of nitrogens with zero attached hydrogens (tertiary/aromatic N) is 1. The molecule has 0 amide bonds. The molecule has 0 bridgehead atoms. The van der Waals surface area contributed by atoms with Crippen LogP contribution in [0.2, 0.25) is 5.02 Å². The first-order valence-corrected chi connectivity index (χ1v) is 7.89. The number of likely N-dealkylation sites (N-methyl/N-ethyl adjacent to an activating group) is 1. The predicted octanol–water partition coefficient (Wildman–Crippen LogP) is 4.30. The molecule has 0 saturated heterocycles. The molecular formula is C18H20ClNO2. The molecule has 1 heterocycles. The third-order valence-electron chi connectivity index (χ3n) is 4.07. The average molecular weight is 318 g/mol. The van der Waals surface area contributed by atoms with Crippen LogP contribution in [0.15, 0.2) is 42.5 Å². The van der Waals surface area contributed by atoms with Crippen LogP contribution in [0.5, 0.6) is 11.5 Å². The molecule has 0 aliphatic carbocycles. The van der Waals surface area contributed by atoms with E-state index in [4.69, 9.17) is 21.1 Å². The SMILES string of the molecule is CCN1Cc2c(OC)cccc2OC(c2ccc(Cl)cc2)C1. The van der Waals surface area contributed by atoms with Crippen molar-refractivity contribution in [3.8, 4) is 11.5 Å². The molecule has 116 valence electrons. The second kappa shape index (κ2) is 6.59. The van der Waals surface area contributed by atoms with Crippen LogP contribution in [0.4, 0.5) is 0 Å². The number of hydrogen-bond donors (Lipinski definition) is 0. The third-order valence-corrected chi connectivity index (χ3v) is 4.33. The van der Waals surface area contributed by atoms with E-state index in [2.05, 4.69) is 11.8 Å². The Labute approximate surface area is 136 Å². The van der Waals surface area contributed by atoms with Crippen LogP contribution in [0.1, 0.15) is 24.2 Å². The number of hydrogen-bond acceptors (Lipinski definition) is 3. The quantitative estimate of drug-likeness (QED) is 0.842. The summed E-state index contributed by atoms with van der Waals surface area (Å²) in [5, 5.41) is 0.742. The lowest BCUT2D eigenvalue weighted by atomic mass is 10.1. The molecule has 1 atom stereocenters. The van der Waals surface area contributed by atoms with Gasteiger partial charge in [-0.05, 0) is 36.4 Å². The minimum Gasteiger partial charge on any atom is -0.496 e. The van der Waals surface area contributed by atoms with Crippen LogP contribution in [0, 0.1) is 0 Å². The van der Waals surface area contributed by atoms with Gasteiger partial charge >= 0.3 is 0 Å². The number of halogens is 1. The van der Waals surface area contributed by atoms with Crippen molar-refractivity contribution in [2.45, 2.75) is 19.6 Å². The summed E-state index contributed by atoms with van der Waals surface area (Å²) in [5.74, 6) is 1.78. The second-order valence-electron chi connectivity index (χ2n) is 5.42. The second-order valence-corrected chi connectivity index (χ2v) is 5.86. The van der Waals surface area contributed by atoms with E-state index in [0.29, 0.717) is 0 Å². The van der Waals surface area contributed by atoms with Gasteiger partial charge in [-0.1, -0.05) is 36.7 Å². The van der Waals surface area contributed by atoms with Crippen molar-refractivity contribution in [3.63, 3.8) is 0 Å². The monoisotopic (exact) mass is 317 g/mol. The highest BCUT2D eigenvalue weighted by molar-refractivity contribution is 6.30. The van der Waals surface area contributed by atoms with Gasteiger partial charge in [0, 0.05) is 18.1 Å². The van der Waals surface area contributed by atoms with Gasteiger partial charge in [0.25, 0.3) is 0 Å². The third kappa shape index (κ3) is 3.06. The van der Waals surface area contributed by atoms with Crippen molar-refractivity contribution in [2.24, 2.45) is 0 Å². The Morgan fingerprint density at radius 3 is 2.68 bits per heavy atom. The molecule has 0 radical (unpaired) electrons. The Balaban J connectivity index is 1.98. The fourth-order valence-corrected chi connectivity index (χ4v) is 2.93. The van der Waals surface area contributed by atoms with Gasteiger partial charge in [0.1, 0.15) is 17.6 Å². The Kier molecular flexibility index (Phi) is 4.55. The molecular weight excluding hydrogens is 298 g/mol. The standard InChI is InChI=1S/C18H20ClNO2/c1-3-20-11-15-16(21-2)5-4-6-17(15)22-18(12-20)13-7-9-14(19)10-8-13/h4-10,18H,3,11-12H2,1-2H3. The van der Waals surface area contributed by atoms with Gasteiger partial charge in [-0.2, -0.15) is 0 Å². The van der Waals surface area contributed by atoms with E-state index < -0.39 is 0 Å². The van der Waals surface area contributed by atoms with Crippen molar-refractivity contribution in [1.29, 1.82) is 0 Å². The highest BCUT2D eigenvalue weighted by Gasteiger charge is 2.25. The van der Waals surface area contributed by atoms with Crippen LogP contribution in [-0.2, 0) is 6.54 Å². The van der Waals surface area contributed by atoms with Crippen LogP contribution in [0.3, 0.4) is 0 Å². The van der Waals surface area contributed by atoms with Crippen molar-refractivity contribution in [3.05, 3.63) is 58.6 Å². The number of fused-ring (bicyclic) bond motifs is 1. The first kappa shape index (κ1) is 15.2. The Morgan fingerprint density at radius 2 is 2.00 bits per heavy atom. The van der Waals surface area contributed by atoms with Gasteiger partial charge in [0.15, 0.2) is 0 Å². The fourth-order valence-electron chi connectivity index (χ4n) is 2.81. The zero-order valence-corrected chi connectivity index (χ0v) is 13.6. The number of benzene rings is 2. The van der Waals surface area contributed by atoms with E-state index in [1.54, 1.807) is 7.11 Å². The van der Waals surface area contributed by atoms with Crippen LogP contribution in [-0.4, -0.2) is 25.1 Å². The molecule has 4 heteroatoms. The lowest BCUT2D eigenvalue weighted by Crippen LogP contribution is -2.27. The first-order chi connectivity index (χ1) is 10.7. The lowest BCUT2D eigenvalue weighted by molar-refractivity contribution is 0.152. The Hall–Kier alpha value is -1.71. The highest BCUT2D eigenvalue weighted by Crippen LogP contribution is 2.36. The molecule has 1 aliphatic rings. The highest BCUT2D eigenvalue weighted by atomic mass is 35.5. The van der Waals surface area contributed by atoms with Crippen molar-refractivity contribution in [1.82, 2.24) is 4.90 Å². The maximum Gasteiger partial charge on any atom is 0.136 e. The smallest absolute Gasteiger partial charge is 0.136 e. The van der Waals surface area contributed by atoms with Crippen molar-refractivity contribution >= 4 is 11.6 Å². The average Bonchev–Trinajstić information content (AvgIpc) is 2.74. The zero-order valence-electron chi connectivity index (χ0n) is 12.9. The molecule has 1 aliphatic heterocycles. The van der Waals surface area contributed by atoms with Crippen molar-refractivity contribution < 1.29 is 9.47 Å². The Morgan fingerprint density at radius 1 is 1.23 bits per heavy atom. The normalized spacial score (nSPS) is 18.2. The van der Waals surface area contributed by atoms with Crippen LogP contribution in [0.25, 0.3) is 0 Å². The molecule has 0 saturated carbocycles. The van der Waals surface area contributed by atoms with E-state index in [0.717, 1.165) is 47.3 Å². The minimum absolute atomic E-state index is 0.00873. The summed E-state index contributed by atoms with van der Waals surface area (Å²) in [4.78, 5) is 2.37. The number of rotatable bonds is 3. The number of ether oxygens (including phenoxy) is 2. The summed E-state index contributed by atoms with van der Waals surface area (Å²) in [6.07, 6.45) is -0.00873. The van der Waals surface area contributed by atoms with Gasteiger partial charge in [0.05, 0.1) is 12.7 Å². The van der Waals surface area contributed by atoms with Crippen molar-refractivity contribution in [2.75, 3.05) is 20.2 Å². The van der Waals surface area contributed by atoms with Gasteiger partial charge in [0.2, 0.25) is 0 Å². The zero-order chi connectivity index (χ0) is 15.5. The van der Waals surface area contributed by atoms with Gasteiger partial charge in [-0.25, -0.2) is 0 Å². The molecule has 0 N–H and O–H groups in total. The van der Waals surface area contributed by atoms with Crippen LogP contribution < -0.4 is 9.47 Å². The van der Waals surface area contributed by atoms with Gasteiger partial charge < -0.3 is 9.47 Å². The van der Waals surface area contributed by atoms with E-state index in [1.165, 1.54) is 0 Å². The predicted molar refractivity (Wildman–Crippen MR) is 88.8 cm³/mol. The molecule has 1 unspecified atom stereocenters. The summed E-state index contributed by atoms with van der Waals surface area (Å²) in [5.41, 5.74) is 2.25. The molecule has 3 nitrogen and oxygen atoms in total. The maximum absolute atomic E-state index is 6.29.